The third kappa shape index (κ3) is 2.17. The van der Waals surface area contributed by atoms with Gasteiger partial charge in [-0.2, -0.15) is 4.98 Å². The molecule has 3 heterocycles. The Labute approximate surface area is 113 Å². The maximum Gasteiger partial charge on any atom is 0.347 e. The maximum atomic E-state index is 11.6. The Morgan fingerprint density at radius 3 is 3.00 bits per heavy atom. The first-order chi connectivity index (χ1) is 9.58. The molecule has 20 heavy (non-hydrogen) atoms. The SMILES string of the molecule is Cc1cnc2c([C@H]3C[C@H](O)[C@@H](CO)O3)[nH]c(=O)nc2n1. The highest BCUT2D eigenvalue weighted by Crippen LogP contribution is 2.33. The van der Waals surface area contributed by atoms with Gasteiger partial charge >= 0.3 is 5.69 Å². The van der Waals surface area contributed by atoms with Crippen molar-refractivity contribution in [3.05, 3.63) is 28.1 Å². The van der Waals surface area contributed by atoms with Crippen molar-refractivity contribution < 1.29 is 14.9 Å². The van der Waals surface area contributed by atoms with E-state index in [0.29, 0.717) is 16.9 Å². The zero-order valence-electron chi connectivity index (χ0n) is 10.8. The van der Waals surface area contributed by atoms with Crippen molar-refractivity contribution in [3.8, 4) is 0 Å². The van der Waals surface area contributed by atoms with Crippen LogP contribution in [-0.4, -0.2) is 49.0 Å². The standard InChI is InChI=1S/C12H14N4O4/c1-5-3-13-10-9(15-12(19)16-11(10)14-5)7-2-6(18)8(4-17)20-7/h3,6-8,17-18H,2,4H2,1H3,(H,14,15,16,19)/t6-,7+,8+/m0/s1. The molecule has 1 aliphatic heterocycles. The highest BCUT2D eigenvalue weighted by Gasteiger charge is 2.36. The van der Waals surface area contributed by atoms with Crippen LogP contribution >= 0.6 is 0 Å². The lowest BCUT2D eigenvalue weighted by atomic mass is 10.1. The van der Waals surface area contributed by atoms with E-state index in [-0.39, 0.29) is 18.7 Å². The number of ether oxygens (including phenoxy) is 1. The molecule has 1 fully saturated rings. The van der Waals surface area contributed by atoms with E-state index in [1.54, 1.807) is 13.1 Å². The topological polar surface area (TPSA) is 121 Å². The van der Waals surface area contributed by atoms with E-state index in [1.165, 1.54) is 0 Å². The van der Waals surface area contributed by atoms with Crippen molar-refractivity contribution >= 4 is 11.2 Å². The molecule has 3 N–H and O–H groups in total. The Balaban J connectivity index is 2.10. The molecule has 0 spiro atoms. The van der Waals surface area contributed by atoms with Crippen molar-refractivity contribution in [1.82, 2.24) is 19.9 Å². The molecule has 0 radical (unpaired) electrons. The van der Waals surface area contributed by atoms with E-state index in [1.807, 2.05) is 0 Å². The molecule has 0 unspecified atom stereocenters. The van der Waals surface area contributed by atoms with Gasteiger partial charge in [0.15, 0.2) is 5.65 Å². The number of nitrogens with one attached hydrogen (secondary N) is 1. The van der Waals surface area contributed by atoms with E-state index >= 15 is 0 Å². The minimum atomic E-state index is -0.782. The van der Waals surface area contributed by atoms with Gasteiger partial charge < -0.3 is 19.9 Å². The Bertz CT molecular complexity index is 701. The highest BCUT2D eigenvalue weighted by molar-refractivity contribution is 5.72. The summed E-state index contributed by atoms with van der Waals surface area (Å²) in [5.74, 6) is 0. The molecule has 3 atom stereocenters. The monoisotopic (exact) mass is 278 g/mol. The number of hydrogen-bond donors (Lipinski definition) is 3. The number of rotatable bonds is 2. The number of aromatic nitrogens is 4. The molecule has 8 nitrogen and oxygen atoms in total. The summed E-state index contributed by atoms with van der Waals surface area (Å²) in [6, 6.07) is 0. The molecule has 0 saturated carbocycles. The first kappa shape index (κ1) is 13.1. The summed E-state index contributed by atoms with van der Waals surface area (Å²) in [6.45, 7) is 1.47. The lowest BCUT2D eigenvalue weighted by molar-refractivity contribution is -0.0233. The number of hydrogen-bond acceptors (Lipinski definition) is 7. The Hall–Kier alpha value is -1.90. The van der Waals surface area contributed by atoms with Crippen LogP contribution in [-0.2, 0) is 4.74 Å². The third-order valence-corrected chi connectivity index (χ3v) is 3.30. The molecule has 0 bridgehead atoms. The molecule has 106 valence electrons. The fourth-order valence-electron chi connectivity index (χ4n) is 2.34. The van der Waals surface area contributed by atoms with Crippen LogP contribution in [0.4, 0.5) is 0 Å². The molecule has 3 rings (SSSR count). The zero-order valence-corrected chi connectivity index (χ0v) is 10.8. The molecule has 1 saturated heterocycles. The number of nitrogens with zero attached hydrogens (tertiary/aromatic N) is 3. The summed E-state index contributed by atoms with van der Waals surface area (Å²) in [5.41, 5.74) is 1.22. The van der Waals surface area contributed by atoms with Crippen molar-refractivity contribution in [1.29, 1.82) is 0 Å². The summed E-state index contributed by atoms with van der Waals surface area (Å²) < 4.78 is 5.54. The maximum absolute atomic E-state index is 11.6. The van der Waals surface area contributed by atoms with Crippen molar-refractivity contribution in [2.24, 2.45) is 0 Å². The van der Waals surface area contributed by atoms with Gasteiger partial charge in [0.1, 0.15) is 17.7 Å². The van der Waals surface area contributed by atoms with Crippen molar-refractivity contribution in [2.45, 2.75) is 31.7 Å². The molecule has 8 heteroatoms. The minimum absolute atomic E-state index is 0.245. The number of H-pyrrole nitrogens is 1. The fourth-order valence-corrected chi connectivity index (χ4v) is 2.34. The zero-order chi connectivity index (χ0) is 14.3. The van der Waals surface area contributed by atoms with Gasteiger partial charge in [0.2, 0.25) is 0 Å². The predicted octanol–water partition coefficient (Wildman–Crippen LogP) is -0.795. The fraction of sp³-hybridized carbons (Fsp3) is 0.500. The van der Waals surface area contributed by atoms with E-state index < -0.39 is 24.0 Å². The number of fused-ring (bicyclic) bond motifs is 1. The highest BCUT2D eigenvalue weighted by atomic mass is 16.5. The van der Waals surface area contributed by atoms with Crippen LogP contribution in [0.15, 0.2) is 11.0 Å². The van der Waals surface area contributed by atoms with Gasteiger partial charge in [-0.25, -0.2) is 14.8 Å². The van der Waals surface area contributed by atoms with Gasteiger partial charge in [-0.3, -0.25) is 0 Å². The quantitative estimate of drug-likeness (QED) is 0.657. The first-order valence-corrected chi connectivity index (χ1v) is 6.26. The smallest absolute Gasteiger partial charge is 0.347 e. The Kier molecular flexibility index (Phi) is 3.20. The van der Waals surface area contributed by atoms with Crippen molar-refractivity contribution in [3.63, 3.8) is 0 Å². The second-order valence-electron chi connectivity index (χ2n) is 4.79. The van der Waals surface area contributed by atoms with Crippen LogP contribution in [0.3, 0.4) is 0 Å². The molecule has 0 amide bonds. The Morgan fingerprint density at radius 1 is 1.50 bits per heavy atom. The van der Waals surface area contributed by atoms with Gasteiger partial charge in [0.05, 0.1) is 24.1 Å². The molecule has 2 aromatic rings. The third-order valence-electron chi connectivity index (χ3n) is 3.30. The lowest BCUT2D eigenvalue weighted by Crippen LogP contribution is -2.24. The minimum Gasteiger partial charge on any atom is -0.394 e. The van der Waals surface area contributed by atoms with Crippen LogP contribution in [0.25, 0.3) is 11.2 Å². The molecule has 1 aliphatic rings. The molecular formula is C12H14N4O4. The first-order valence-electron chi connectivity index (χ1n) is 6.26. The van der Waals surface area contributed by atoms with E-state index in [0.717, 1.165) is 0 Å². The van der Waals surface area contributed by atoms with Crippen LogP contribution in [0.2, 0.25) is 0 Å². The van der Waals surface area contributed by atoms with E-state index in [2.05, 4.69) is 19.9 Å². The normalized spacial score (nSPS) is 26.2. The summed E-state index contributed by atoms with van der Waals surface area (Å²) in [4.78, 5) is 26.4. The van der Waals surface area contributed by atoms with Gasteiger partial charge in [-0.05, 0) is 6.92 Å². The van der Waals surface area contributed by atoms with Crippen LogP contribution < -0.4 is 5.69 Å². The van der Waals surface area contributed by atoms with E-state index in [9.17, 15) is 9.90 Å². The van der Waals surface area contributed by atoms with Gasteiger partial charge in [0, 0.05) is 12.6 Å². The molecule has 0 aliphatic carbocycles. The van der Waals surface area contributed by atoms with E-state index in [4.69, 9.17) is 9.84 Å². The average Bonchev–Trinajstić information content (AvgIpc) is 2.78. The lowest BCUT2D eigenvalue weighted by Gasteiger charge is -2.13. The Morgan fingerprint density at radius 2 is 2.30 bits per heavy atom. The number of aromatic amines is 1. The largest absolute Gasteiger partial charge is 0.394 e. The summed E-state index contributed by atoms with van der Waals surface area (Å²) in [5, 5.41) is 18.9. The van der Waals surface area contributed by atoms with Gasteiger partial charge in [-0.1, -0.05) is 0 Å². The number of aliphatic hydroxyl groups excluding tert-OH is 2. The molecular weight excluding hydrogens is 264 g/mol. The van der Waals surface area contributed by atoms with Crippen LogP contribution in [0.5, 0.6) is 0 Å². The average molecular weight is 278 g/mol. The number of aliphatic hydroxyl groups is 2. The van der Waals surface area contributed by atoms with Gasteiger partial charge in [-0.15, -0.1) is 0 Å². The number of aryl methyl sites for hydroxylation is 1. The van der Waals surface area contributed by atoms with Crippen molar-refractivity contribution in [2.75, 3.05) is 6.61 Å². The summed E-state index contributed by atoms with van der Waals surface area (Å²) >= 11 is 0. The second kappa shape index (κ2) is 4.89. The molecule has 0 aromatic carbocycles. The van der Waals surface area contributed by atoms with Crippen LogP contribution in [0.1, 0.15) is 23.9 Å². The summed E-state index contributed by atoms with van der Waals surface area (Å²) in [7, 11) is 0. The van der Waals surface area contributed by atoms with Crippen LogP contribution in [0, 0.1) is 6.92 Å². The predicted molar refractivity (Wildman–Crippen MR) is 68.0 cm³/mol. The molecule has 2 aromatic heterocycles. The second-order valence-corrected chi connectivity index (χ2v) is 4.79. The summed E-state index contributed by atoms with van der Waals surface area (Å²) in [6.07, 6.45) is -0.145. The van der Waals surface area contributed by atoms with Gasteiger partial charge in [0.25, 0.3) is 0 Å².